The van der Waals surface area contributed by atoms with Gasteiger partial charge in [0, 0.05) is 17.2 Å². The highest BCUT2D eigenvalue weighted by atomic mass is 32.1. The summed E-state index contributed by atoms with van der Waals surface area (Å²) >= 11 is 1.56. The monoisotopic (exact) mass is 193 g/mol. The van der Waals surface area contributed by atoms with Crippen LogP contribution in [0.2, 0.25) is 0 Å². The quantitative estimate of drug-likeness (QED) is 0.732. The van der Waals surface area contributed by atoms with Crippen LogP contribution >= 0.6 is 11.3 Å². The first kappa shape index (κ1) is 8.12. The van der Waals surface area contributed by atoms with Crippen molar-refractivity contribution < 1.29 is 4.52 Å². The molecule has 0 aliphatic heterocycles. The minimum Gasteiger partial charge on any atom is -0.335 e. The maximum atomic E-state index is 4.90. The molecule has 66 valence electrons. The molecule has 0 fully saturated rings. The molecule has 0 aliphatic rings. The fourth-order valence-electron chi connectivity index (χ4n) is 0.842. The second kappa shape index (κ2) is 3.49. The Morgan fingerprint density at radius 1 is 1.46 bits per heavy atom. The Morgan fingerprint density at radius 2 is 2.38 bits per heavy atom. The Kier molecular flexibility index (Phi) is 2.18. The Labute approximate surface area is 78.9 Å². The molecule has 0 aromatic carbocycles. The van der Waals surface area contributed by atoms with Crippen LogP contribution in [-0.2, 0) is 0 Å². The zero-order valence-electron chi connectivity index (χ0n) is 6.97. The average molecular weight is 193 g/mol. The molecule has 0 atom stereocenters. The van der Waals surface area contributed by atoms with Crippen LogP contribution in [0.15, 0.2) is 16.2 Å². The number of thiazole rings is 1. The van der Waals surface area contributed by atoms with Crippen molar-refractivity contribution >= 4 is 23.5 Å². The van der Waals surface area contributed by atoms with E-state index in [0.717, 1.165) is 4.88 Å². The van der Waals surface area contributed by atoms with Gasteiger partial charge in [-0.1, -0.05) is 5.16 Å². The van der Waals surface area contributed by atoms with Gasteiger partial charge in [-0.2, -0.15) is 4.98 Å². The summed E-state index contributed by atoms with van der Waals surface area (Å²) in [5.41, 5.74) is 1.78. The number of aryl methyl sites for hydroxylation is 1. The van der Waals surface area contributed by atoms with E-state index in [1.807, 2.05) is 6.08 Å². The van der Waals surface area contributed by atoms with E-state index in [0.29, 0.717) is 11.7 Å². The predicted molar refractivity (Wildman–Crippen MR) is 50.1 cm³/mol. The third kappa shape index (κ3) is 2.00. The summed E-state index contributed by atoms with van der Waals surface area (Å²) in [4.78, 5) is 9.04. The van der Waals surface area contributed by atoms with Gasteiger partial charge in [0.1, 0.15) is 0 Å². The van der Waals surface area contributed by atoms with Crippen molar-refractivity contribution in [1.29, 1.82) is 0 Å². The van der Waals surface area contributed by atoms with Crippen molar-refractivity contribution in [3.63, 3.8) is 0 Å². The average Bonchev–Trinajstić information content (AvgIpc) is 2.71. The van der Waals surface area contributed by atoms with Crippen LogP contribution < -0.4 is 0 Å². The van der Waals surface area contributed by atoms with E-state index >= 15 is 0 Å². The number of nitrogens with zero attached hydrogens (tertiary/aromatic N) is 3. The molecule has 0 radical (unpaired) electrons. The SMILES string of the molecule is Cc1noc(/C=C/c2cncs2)n1. The van der Waals surface area contributed by atoms with E-state index in [4.69, 9.17) is 4.52 Å². The van der Waals surface area contributed by atoms with Gasteiger partial charge in [0.25, 0.3) is 5.89 Å². The topological polar surface area (TPSA) is 51.8 Å². The van der Waals surface area contributed by atoms with Crippen molar-refractivity contribution in [2.75, 3.05) is 0 Å². The van der Waals surface area contributed by atoms with Crippen molar-refractivity contribution in [2.45, 2.75) is 6.92 Å². The molecule has 0 N–H and O–H groups in total. The summed E-state index contributed by atoms with van der Waals surface area (Å²) < 4.78 is 4.90. The van der Waals surface area contributed by atoms with Crippen LogP contribution in [-0.4, -0.2) is 15.1 Å². The highest BCUT2D eigenvalue weighted by Crippen LogP contribution is 2.10. The Morgan fingerprint density at radius 3 is 3.00 bits per heavy atom. The van der Waals surface area contributed by atoms with Gasteiger partial charge < -0.3 is 4.52 Å². The summed E-state index contributed by atoms with van der Waals surface area (Å²) in [5.74, 6) is 1.16. The van der Waals surface area contributed by atoms with Crippen molar-refractivity contribution in [2.24, 2.45) is 0 Å². The van der Waals surface area contributed by atoms with E-state index in [2.05, 4.69) is 15.1 Å². The molecular formula is C8H7N3OS. The van der Waals surface area contributed by atoms with Crippen LogP contribution in [0, 0.1) is 6.92 Å². The van der Waals surface area contributed by atoms with E-state index in [1.54, 1.807) is 36.0 Å². The molecule has 2 aromatic rings. The van der Waals surface area contributed by atoms with Crippen LogP contribution in [0.3, 0.4) is 0 Å². The summed E-state index contributed by atoms with van der Waals surface area (Å²) in [6.07, 6.45) is 5.45. The van der Waals surface area contributed by atoms with Crippen LogP contribution in [0.1, 0.15) is 16.6 Å². The number of hydrogen-bond acceptors (Lipinski definition) is 5. The van der Waals surface area contributed by atoms with Gasteiger partial charge in [0.05, 0.1) is 5.51 Å². The number of hydrogen-bond donors (Lipinski definition) is 0. The van der Waals surface area contributed by atoms with Gasteiger partial charge in [-0.05, 0) is 13.0 Å². The van der Waals surface area contributed by atoms with E-state index in [1.165, 1.54) is 0 Å². The normalized spacial score (nSPS) is 11.2. The van der Waals surface area contributed by atoms with E-state index < -0.39 is 0 Å². The molecule has 2 aromatic heterocycles. The largest absolute Gasteiger partial charge is 0.335 e. The summed E-state index contributed by atoms with van der Waals surface area (Å²) in [6.45, 7) is 1.79. The predicted octanol–water partition coefficient (Wildman–Crippen LogP) is 2.00. The van der Waals surface area contributed by atoms with Crippen molar-refractivity contribution in [1.82, 2.24) is 15.1 Å². The third-order valence-electron chi connectivity index (χ3n) is 1.38. The zero-order valence-corrected chi connectivity index (χ0v) is 7.78. The summed E-state index contributed by atoms with van der Waals surface area (Å²) in [5, 5.41) is 3.67. The minimum absolute atomic E-state index is 0.519. The molecule has 2 heterocycles. The van der Waals surface area contributed by atoms with Gasteiger partial charge in [-0.3, -0.25) is 4.98 Å². The van der Waals surface area contributed by atoms with Crippen molar-refractivity contribution in [3.05, 3.63) is 28.3 Å². The molecule has 13 heavy (non-hydrogen) atoms. The van der Waals surface area contributed by atoms with Crippen LogP contribution in [0.5, 0.6) is 0 Å². The molecule has 0 saturated heterocycles. The maximum Gasteiger partial charge on any atom is 0.250 e. The maximum absolute atomic E-state index is 4.90. The molecule has 0 aliphatic carbocycles. The highest BCUT2D eigenvalue weighted by Gasteiger charge is 1.96. The molecule has 0 unspecified atom stereocenters. The van der Waals surface area contributed by atoms with Gasteiger partial charge in [0.15, 0.2) is 5.82 Å². The Balaban J connectivity index is 2.14. The summed E-state index contributed by atoms with van der Waals surface area (Å²) in [6, 6.07) is 0. The van der Waals surface area contributed by atoms with Gasteiger partial charge in [-0.15, -0.1) is 11.3 Å². The molecule has 0 bridgehead atoms. The van der Waals surface area contributed by atoms with Gasteiger partial charge in [0.2, 0.25) is 0 Å². The lowest BCUT2D eigenvalue weighted by molar-refractivity contribution is 0.405. The molecule has 5 heteroatoms. The first-order valence-corrected chi connectivity index (χ1v) is 4.59. The first-order valence-electron chi connectivity index (χ1n) is 3.71. The van der Waals surface area contributed by atoms with E-state index in [-0.39, 0.29) is 0 Å². The number of aromatic nitrogens is 3. The fourth-order valence-corrected chi connectivity index (χ4v) is 1.35. The molecular weight excluding hydrogens is 186 g/mol. The van der Waals surface area contributed by atoms with Crippen LogP contribution in [0.4, 0.5) is 0 Å². The lowest BCUT2D eigenvalue weighted by Crippen LogP contribution is -1.71. The molecule has 2 rings (SSSR count). The van der Waals surface area contributed by atoms with Crippen molar-refractivity contribution in [3.8, 4) is 0 Å². The van der Waals surface area contributed by atoms with Crippen LogP contribution in [0.25, 0.3) is 12.2 Å². The molecule has 0 spiro atoms. The van der Waals surface area contributed by atoms with Gasteiger partial charge in [-0.25, -0.2) is 0 Å². The number of rotatable bonds is 2. The Hall–Kier alpha value is -1.49. The summed E-state index contributed by atoms with van der Waals surface area (Å²) in [7, 11) is 0. The standard InChI is InChI=1S/C8H7N3OS/c1-6-10-8(12-11-6)3-2-7-4-9-5-13-7/h2-5H,1H3/b3-2+. The smallest absolute Gasteiger partial charge is 0.250 e. The second-order valence-corrected chi connectivity index (χ2v) is 3.33. The van der Waals surface area contributed by atoms with E-state index in [9.17, 15) is 0 Å². The lowest BCUT2D eigenvalue weighted by atomic mass is 10.4. The zero-order chi connectivity index (χ0) is 9.10. The fraction of sp³-hybridized carbons (Fsp3) is 0.125. The lowest BCUT2D eigenvalue weighted by Gasteiger charge is -1.78. The molecule has 0 amide bonds. The molecule has 4 nitrogen and oxygen atoms in total. The third-order valence-corrected chi connectivity index (χ3v) is 2.13. The van der Waals surface area contributed by atoms with Gasteiger partial charge >= 0.3 is 0 Å². The highest BCUT2D eigenvalue weighted by molar-refractivity contribution is 7.10. The second-order valence-electron chi connectivity index (χ2n) is 2.42. The minimum atomic E-state index is 0.519. The molecule has 0 saturated carbocycles. The Bertz CT molecular complexity index is 405. The first-order chi connectivity index (χ1) is 6.34.